The Hall–Kier alpha value is -2.35. The molecule has 26 heavy (non-hydrogen) atoms. The van der Waals surface area contributed by atoms with E-state index in [1.54, 1.807) is 19.0 Å². The van der Waals surface area contributed by atoms with E-state index >= 15 is 0 Å². The Balaban J connectivity index is 1.47. The zero-order chi connectivity index (χ0) is 18.1. The van der Waals surface area contributed by atoms with Crippen molar-refractivity contribution in [3.8, 4) is 0 Å². The second-order valence-corrected chi connectivity index (χ2v) is 7.20. The molecule has 2 aliphatic heterocycles. The lowest BCUT2D eigenvalue weighted by atomic mass is 9.96. The van der Waals surface area contributed by atoms with E-state index in [1.165, 1.54) is 0 Å². The quantitative estimate of drug-likeness (QED) is 0.812. The third-order valence-electron chi connectivity index (χ3n) is 5.22. The minimum absolute atomic E-state index is 0.0848. The molecule has 2 aromatic rings. The van der Waals surface area contributed by atoms with Gasteiger partial charge >= 0.3 is 6.03 Å². The van der Waals surface area contributed by atoms with Gasteiger partial charge in [0, 0.05) is 46.2 Å². The summed E-state index contributed by atoms with van der Waals surface area (Å²) in [5, 5.41) is 4.73. The van der Waals surface area contributed by atoms with E-state index in [9.17, 15) is 4.79 Å². The number of likely N-dealkylation sites (tertiary alicyclic amines) is 1. The summed E-state index contributed by atoms with van der Waals surface area (Å²) in [5.41, 5.74) is 2.03. The maximum absolute atomic E-state index is 12.1. The fourth-order valence-electron chi connectivity index (χ4n) is 3.68. The van der Waals surface area contributed by atoms with E-state index in [2.05, 4.69) is 17.2 Å². The highest BCUT2D eigenvalue weighted by Gasteiger charge is 2.27. The number of aromatic nitrogens is 3. The number of hydrogen-bond donors (Lipinski definition) is 0. The van der Waals surface area contributed by atoms with Gasteiger partial charge in [-0.3, -0.25) is 0 Å². The normalized spacial score (nSPS) is 19.2. The molecule has 8 heteroatoms. The van der Waals surface area contributed by atoms with Crippen LogP contribution in [0.3, 0.4) is 0 Å². The highest BCUT2D eigenvalue weighted by Crippen LogP contribution is 2.27. The molecule has 2 aromatic heterocycles. The number of fused-ring (bicyclic) bond motifs is 1. The van der Waals surface area contributed by atoms with Crippen molar-refractivity contribution in [2.45, 2.75) is 18.8 Å². The van der Waals surface area contributed by atoms with Crippen LogP contribution in [0.15, 0.2) is 18.3 Å². The molecule has 0 saturated carbocycles. The van der Waals surface area contributed by atoms with Gasteiger partial charge in [0.1, 0.15) is 0 Å². The molecule has 0 aliphatic carbocycles. The van der Waals surface area contributed by atoms with Gasteiger partial charge in [0.05, 0.1) is 25.1 Å². The molecule has 0 bridgehead atoms. The van der Waals surface area contributed by atoms with E-state index in [4.69, 9.17) is 14.8 Å². The van der Waals surface area contributed by atoms with Crippen LogP contribution in [0.4, 0.5) is 10.5 Å². The number of urea groups is 1. The van der Waals surface area contributed by atoms with Gasteiger partial charge in [0.15, 0.2) is 11.5 Å². The first-order valence-corrected chi connectivity index (χ1v) is 9.27. The number of nitrogens with zero attached hydrogens (tertiary/aromatic N) is 6. The minimum atomic E-state index is 0.0848. The van der Waals surface area contributed by atoms with Crippen LogP contribution in [-0.2, 0) is 4.74 Å². The number of carbonyl (C=O) groups is 1. The van der Waals surface area contributed by atoms with Gasteiger partial charge in [0.2, 0.25) is 0 Å². The van der Waals surface area contributed by atoms with E-state index in [0.717, 1.165) is 69.4 Å². The average Bonchev–Trinajstić information content (AvgIpc) is 3.11. The Morgan fingerprint density at radius 3 is 2.58 bits per heavy atom. The van der Waals surface area contributed by atoms with Crippen LogP contribution in [0.2, 0.25) is 0 Å². The Kier molecular flexibility index (Phi) is 4.67. The smallest absolute Gasteiger partial charge is 0.319 e. The lowest BCUT2D eigenvalue weighted by Crippen LogP contribution is -2.43. The summed E-state index contributed by atoms with van der Waals surface area (Å²) in [5.74, 6) is 1.20. The molecule has 0 aromatic carbocycles. The number of carbonyl (C=O) groups excluding carboxylic acids is 1. The number of anilines is 1. The highest BCUT2D eigenvalue weighted by atomic mass is 16.5. The predicted molar refractivity (Wildman–Crippen MR) is 98.7 cm³/mol. The standard InChI is InChI=1S/C18H26N6O2/c1-21(2)18(25)23-7-5-14(6-8-23)17-19-16-4-3-15(13-24(16)20-17)22-9-11-26-12-10-22/h3-4,13-14H,5-12H2,1-2H3. The maximum atomic E-state index is 12.1. The summed E-state index contributed by atoms with van der Waals surface area (Å²) in [7, 11) is 3.59. The maximum Gasteiger partial charge on any atom is 0.319 e. The highest BCUT2D eigenvalue weighted by molar-refractivity contribution is 5.73. The van der Waals surface area contributed by atoms with Gasteiger partial charge in [-0.1, -0.05) is 0 Å². The van der Waals surface area contributed by atoms with Crippen molar-refractivity contribution < 1.29 is 9.53 Å². The van der Waals surface area contributed by atoms with Gasteiger partial charge in [-0.05, 0) is 25.0 Å². The van der Waals surface area contributed by atoms with Crippen LogP contribution in [-0.4, -0.2) is 83.9 Å². The first kappa shape index (κ1) is 17.1. The van der Waals surface area contributed by atoms with Gasteiger partial charge in [-0.2, -0.15) is 5.10 Å². The van der Waals surface area contributed by atoms with Crippen LogP contribution >= 0.6 is 0 Å². The summed E-state index contributed by atoms with van der Waals surface area (Å²) >= 11 is 0. The summed E-state index contributed by atoms with van der Waals surface area (Å²) in [4.78, 5) is 22.7. The third-order valence-corrected chi connectivity index (χ3v) is 5.22. The summed E-state index contributed by atoms with van der Waals surface area (Å²) in [6, 6.07) is 4.23. The van der Waals surface area contributed by atoms with Crippen LogP contribution in [0.5, 0.6) is 0 Å². The summed E-state index contributed by atoms with van der Waals surface area (Å²) in [6.07, 6.45) is 3.88. The molecule has 0 atom stereocenters. The number of amides is 2. The fraction of sp³-hybridized carbons (Fsp3) is 0.611. The molecule has 0 unspecified atom stereocenters. The minimum Gasteiger partial charge on any atom is -0.378 e. The predicted octanol–water partition coefficient (Wildman–Crippen LogP) is 1.43. The first-order chi connectivity index (χ1) is 12.6. The van der Waals surface area contributed by atoms with Crippen molar-refractivity contribution in [2.24, 2.45) is 0 Å². The molecule has 4 heterocycles. The van der Waals surface area contributed by atoms with Gasteiger partial charge in [-0.15, -0.1) is 0 Å². The summed E-state index contributed by atoms with van der Waals surface area (Å²) < 4.78 is 7.31. The molecule has 8 nitrogen and oxygen atoms in total. The number of pyridine rings is 1. The van der Waals surface area contributed by atoms with E-state index in [-0.39, 0.29) is 6.03 Å². The lowest BCUT2D eigenvalue weighted by Gasteiger charge is -2.32. The molecule has 2 saturated heterocycles. The van der Waals surface area contributed by atoms with Crippen molar-refractivity contribution in [1.29, 1.82) is 0 Å². The Labute approximate surface area is 153 Å². The van der Waals surface area contributed by atoms with Crippen LogP contribution in [0.1, 0.15) is 24.6 Å². The van der Waals surface area contributed by atoms with Gasteiger partial charge in [-0.25, -0.2) is 14.3 Å². The van der Waals surface area contributed by atoms with E-state index in [1.807, 2.05) is 15.5 Å². The van der Waals surface area contributed by atoms with Gasteiger partial charge in [0.25, 0.3) is 0 Å². The number of morpholine rings is 1. The van der Waals surface area contributed by atoms with Gasteiger partial charge < -0.3 is 19.4 Å². The topological polar surface area (TPSA) is 66.2 Å². The monoisotopic (exact) mass is 358 g/mol. The van der Waals surface area contributed by atoms with Crippen molar-refractivity contribution >= 4 is 17.4 Å². The van der Waals surface area contributed by atoms with Crippen LogP contribution < -0.4 is 4.90 Å². The first-order valence-electron chi connectivity index (χ1n) is 9.27. The number of rotatable bonds is 2. The molecule has 140 valence electrons. The zero-order valence-corrected chi connectivity index (χ0v) is 15.5. The molecular formula is C18H26N6O2. The molecule has 0 radical (unpaired) electrons. The number of ether oxygens (including phenoxy) is 1. The van der Waals surface area contributed by atoms with Crippen LogP contribution in [0.25, 0.3) is 5.65 Å². The van der Waals surface area contributed by atoms with Crippen molar-refractivity contribution in [3.05, 3.63) is 24.2 Å². The molecule has 2 aliphatic rings. The summed E-state index contributed by atoms with van der Waals surface area (Å²) in [6.45, 7) is 4.87. The Morgan fingerprint density at radius 1 is 1.15 bits per heavy atom. The number of piperidine rings is 1. The molecule has 0 N–H and O–H groups in total. The largest absolute Gasteiger partial charge is 0.378 e. The van der Waals surface area contributed by atoms with Crippen molar-refractivity contribution in [3.63, 3.8) is 0 Å². The Morgan fingerprint density at radius 2 is 1.88 bits per heavy atom. The van der Waals surface area contributed by atoms with E-state index < -0.39 is 0 Å². The van der Waals surface area contributed by atoms with E-state index in [0.29, 0.717) is 5.92 Å². The molecular weight excluding hydrogens is 332 g/mol. The zero-order valence-electron chi connectivity index (χ0n) is 15.5. The Bertz CT molecular complexity index is 775. The van der Waals surface area contributed by atoms with Crippen molar-refractivity contribution in [1.82, 2.24) is 24.4 Å². The van der Waals surface area contributed by atoms with Crippen LogP contribution in [0, 0.1) is 0 Å². The second-order valence-electron chi connectivity index (χ2n) is 7.20. The van der Waals surface area contributed by atoms with Crippen molar-refractivity contribution in [2.75, 3.05) is 58.4 Å². The molecule has 4 rings (SSSR count). The average molecular weight is 358 g/mol. The SMILES string of the molecule is CN(C)C(=O)N1CCC(c2nc3ccc(N4CCOCC4)cn3n2)CC1. The third kappa shape index (κ3) is 3.33. The lowest BCUT2D eigenvalue weighted by molar-refractivity contribution is 0.122. The fourth-order valence-corrected chi connectivity index (χ4v) is 3.68. The number of hydrogen-bond acceptors (Lipinski definition) is 5. The second kappa shape index (κ2) is 7.11. The molecule has 0 spiro atoms. The molecule has 2 fully saturated rings. The molecule has 2 amide bonds.